The van der Waals surface area contributed by atoms with Gasteiger partial charge in [-0.1, -0.05) is 35.9 Å². The number of benzene rings is 1. The Balaban J connectivity index is 1.39. The number of hydrogen-bond acceptors (Lipinski definition) is 4. The van der Waals surface area contributed by atoms with Crippen molar-refractivity contribution >= 4 is 29.4 Å². The Morgan fingerprint density at radius 3 is 2.27 bits per heavy atom. The van der Waals surface area contributed by atoms with Gasteiger partial charge in [0.05, 0.1) is 16.9 Å². The van der Waals surface area contributed by atoms with Crippen LogP contribution in [0.3, 0.4) is 0 Å². The number of hydrogen-bond donors (Lipinski definition) is 0. The van der Waals surface area contributed by atoms with Crippen LogP contribution in [-0.2, 0) is 14.4 Å². The van der Waals surface area contributed by atoms with Crippen molar-refractivity contribution in [1.82, 2.24) is 4.90 Å². The highest BCUT2D eigenvalue weighted by molar-refractivity contribution is 6.32. The lowest BCUT2D eigenvalue weighted by atomic mass is 9.63. The van der Waals surface area contributed by atoms with Crippen LogP contribution in [0.15, 0.2) is 36.4 Å². The first-order valence-corrected chi connectivity index (χ1v) is 9.38. The lowest BCUT2D eigenvalue weighted by Crippen LogP contribution is -2.45. The van der Waals surface area contributed by atoms with Crippen molar-refractivity contribution in [3.8, 4) is 5.75 Å². The largest absolute Gasteiger partial charge is 0.423 e. The number of rotatable bonds is 3. The third-order valence-electron chi connectivity index (χ3n) is 6.47. The van der Waals surface area contributed by atoms with Crippen LogP contribution in [0.4, 0.5) is 0 Å². The quantitative estimate of drug-likeness (QED) is 0.354. The lowest BCUT2D eigenvalue weighted by Gasteiger charge is -2.37. The van der Waals surface area contributed by atoms with Gasteiger partial charge in [-0.05, 0) is 49.1 Å². The van der Waals surface area contributed by atoms with Crippen molar-refractivity contribution in [3.63, 3.8) is 0 Å². The van der Waals surface area contributed by atoms with E-state index in [-0.39, 0.29) is 41.2 Å². The summed E-state index contributed by atoms with van der Waals surface area (Å²) in [6.07, 6.45) is 5.34. The molecule has 4 aliphatic carbocycles. The van der Waals surface area contributed by atoms with Crippen LogP contribution in [0.25, 0.3) is 0 Å². The fourth-order valence-corrected chi connectivity index (χ4v) is 5.36. The number of halogens is 1. The average Bonchev–Trinajstić information content (AvgIpc) is 3.41. The van der Waals surface area contributed by atoms with E-state index in [9.17, 15) is 14.4 Å². The number of likely N-dealkylation sites (tertiary alicyclic amines) is 1. The molecule has 5 nitrogen and oxygen atoms in total. The van der Waals surface area contributed by atoms with Crippen molar-refractivity contribution in [2.24, 2.45) is 35.5 Å². The molecule has 6 heteroatoms. The maximum atomic E-state index is 13.0. The van der Waals surface area contributed by atoms with Gasteiger partial charge in [0.2, 0.25) is 11.8 Å². The standard InChI is InChI=1S/C20H18ClNO4/c1-9(20(25)26-15-5-3-2-4-14(15)21)22-18(23)16-10-6-7-11(13-8-12(10)13)17(16)19(22)24/h2-7,9-13,16-17H,8H2,1H3/t9-,10+,11+,12+,13+,16-,17+/m1/s1. The number of imide groups is 1. The van der Waals surface area contributed by atoms with Crippen LogP contribution < -0.4 is 4.74 Å². The molecule has 1 aliphatic heterocycles. The van der Waals surface area contributed by atoms with Crippen LogP contribution in [0.1, 0.15) is 13.3 Å². The molecule has 7 atom stereocenters. The monoisotopic (exact) mass is 371 g/mol. The summed E-state index contributed by atoms with van der Waals surface area (Å²) in [5.41, 5.74) is 0. The first-order chi connectivity index (χ1) is 12.5. The predicted octanol–water partition coefficient (Wildman–Crippen LogP) is 2.69. The van der Waals surface area contributed by atoms with Crippen LogP contribution in [-0.4, -0.2) is 28.7 Å². The molecule has 1 aromatic carbocycles. The van der Waals surface area contributed by atoms with Crippen LogP contribution in [0.5, 0.6) is 5.75 Å². The second kappa shape index (κ2) is 5.43. The van der Waals surface area contributed by atoms with E-state index in [2.05, 4.69) is 12.2 Å². The summed E-state index contributed by atoms with van der Waals surface area (Å²) in [5.74, 6) is -0.141. The summed E-state index contributed by atoms with van der Waals surface area (Å²) in [5, 5.41) is 0.308. The summed E-state index contributed by atoms with van der Waals surface area (Å²) >= 11 is 6.02. The molecule has 0 N–H and O–H groups in total. The third kappa shape index (κ3) is 2.07. The summed E-state index contributed by atoms with van der Waals surface area (Å²) in [4.78, 5) is 39.7. The van der Waals surface area contributed by atoms with E-state index >= 15 is 0 Å². The minimum atomic E-state index is -0.965. The zero-order valence-corrected chi connectivity index (χ0v) is 14.9. The molecule has 2 saturated carbocycles. The van der Waals surface area contributed by atoms with Crippen molar-refractivity contribution in [2.75, 3.05) is 0 Å². The highest BCUT2D eigenvalue weighted by atomic mass is 35.5. The van der Waals surface area contributed by atoms with Crippen molar-refractivity contribution in [1.29, 1.82) is 0 Å². The zero-order valence-electron chi connectivity index (χ0n) is 14.2. The van der Waals surface area contributed by atoms with Crippen LogP contribution in [0.2, 0.25) is 5.02 Å². The molecule has 0 unspecified atom stereocenters. The maximum Gasteiger partial charge on any atom is 0.334 e. The van der Waals surface area contributed by atoms with E-state index in [1.54, 1.807) is 31.2 Å². The Bertz CT molecular complexity index is 829. The first kappa shape index (κ1) is 16.1. The Morgan fingerprint density at radius 2 is 1.69 bits per heavy atom. The number of amides is 2. The van der Waals surface area contributed by atoms with Crippen molar-refractivity contribution in [3.05, 3.63) is 41.4 Å². The van der Waals surface area contributed by atoms with E-state index in [4.69, 9.17) is 16.3 Å². The number of nitrogens with zero attached hydrogens (tertiary/aromatic N) is 1. The van der Waals surface area contributed by atoms with Crippen molar-refractivity contribution in [2.45, 2.75) is 19.4 Å². The summed E-state index contributed by atoms with van der Waals surface area (Å²) in [7, 11) is 0. The molecule has 1 heterocycles. The second-order valence-corrected chi connectivity index (χ2v) is 8.14. The van der Waals surface area contributed by atoms with E-state index in [1.165, 1.54) is 0 Å². The number of para-hydroxylation sites is 1. The van der Waals surface area contributed by atoms with Gasteiger partial charge in [0.25, 0.3) is 0 Å². The van der Waals surface area contributed by atoms with Gasteiger partial charge in [-0.15, -0.1) is 0 Å². The van der Waals surface area contributed by atoms with Crippen molar-refractivity contribution < 1.29 is 19.1 Å². The van der Waals surface area contributed by atoms with Gasteiger partial charge >= 0.3 is 5.97 Å². The molecule has 134 valence electrons. The Kier molecular flexibility index (Phi) is 3.35. The number of ether oxygens (including phenoxy) is 1. The van der Waals surface area contributed by atoms with Gasteiger partial charge in [-0.25, -0.2) is 4.79 Å². The van der Waals surface area contributed by atoms with E-state index in [0.717, 1.165) is 11.3 Å². The first-order valence-electron chi connectivity index (χ1n) is 9.00. The molecule has 0 radical (unpaired) electrons. The molecule has 3 fully saturated rings. The van der Waals surface area contributed by atoms with Gasteiger partial charge < -0.3 is 4.74 Å². The van der Waals surface area contributed by atoms with Gasteiger partial charge in [0.1, 0.15) is 11.8 Å². The van der Waals surface area contributed by atoms with Crippen LogP contribution in [0, 0.1) is 35.5 Å². The predicted molar refractivity (Wildman–Crippen MR) is 93.1 cm³/mol. The zero-order chi connectivity index (χ0) is 18.2. The molecular formula is C20H18ClNO4. The molecule has 0 spiro atoms. The minimum absolute atomic E-state index is 0.142. The van der Waals surface area contributed by atoms with E-state index in [0.29, 0.717) is 16.9 Å². The van der Waals surface area contributed by atoms with Gasteiger partial charge in [-0.2, -0.15) is 0 Å². The van der Waals surface area contributed by atoms with E-state index < -0.39 is 12.0 Å². The fourth-order valence-electron chi connectivity index (χ4n) is 5.19. The number of allylic oxidation sites excluding steroid dienone is 2. The van der Waals surface area contributed by atoms with E-state index in [1.807, 2.05) is 0 Å². The Hall–Kier alpha value is -2.14. The van der Waals surface area contributed by atoms with Gasteiger partial charge in [0.15, 0.2) is 0 Å². The summed E-state index contributed by atoms with van der Waals surface area (Å²) in [6.45, 7) is 1.54. The maximum absolute atomic E-state index is 13.0. The highest BCUT2D eigenvalue weighted by Gasteiger charge is 2.67. The lowest BCUT2D eigenvalue weighted by molar-refractivity contribution is -0.152. The average molecular weight is 372 g/mol. The third-order valence-corrected chi connectivity index (χ3v) is 6.78. The molecule has 6 rings (SSSR count). The number of carbonyl (C=O) groups excluding carboxylic acids is 3. The molecule has 26 heavy (non-hydrogen) atoms. The SMILES string of the molecule is C[C@H](C(=O)Oc1ccccc1Cl)N1C(=O)[C@@H]2[C@H]3C=C[C@@H]([C@@H]4C[C@@H]34)[C@@H]2C1=O. The molecule has 1 aromatic rings. The molecule has 1 saturated heterocycles. The normalized spacial score (nSPS) is 37.4. The van der Waals surface area contributed by atoms with Crippen LogP contribution >= 0.6 is 11.6 Å². The highest BCUT2D eigenvalue weighted by Crippen LogP contribution is 2.65. The number of carbonyl (C=O) groups is 3. The minimum Gasteiger partial charge on any atom is -0.423 e. The summed E-state index contributed by atoms with van der Waals surface area (Å²) < 4.78 is 5.34. The molecule has 2 bridgehead atoms. The summed E-state index contributed by atoms with van der Waals surface area (Å²) in [6, 6.07) is 5.67. The Morgan fingerprint density at radius 1 is 1.12 bits per heavy atom. The Labute approximate surface area is 155 Å². The molecule has 0 aromatic heterocycles. The van der Waals surface area contributed by atoms with Gasteiger partial charge in [0, 0.05) is 0 Å². The smallest absolute Gasteiger partial charge is 0.334 e. The molecule has 5 aliphatic rings. The number of esters is 1. The topological polar surface area (TPSA) is 63.7 Å². The van der Waals surface area contributed by atoms with Gasteiger partial charge in [-0.3, -0.25) is 14.5 Å². The molecular weight excluding hydrogens is 354 g/mol. The fraction of sp³-hybridized carbons (Fsp3) is 0.450. The second-order valence-electron chi connectivity index (χ2n) is 7.73. The molecule has 2 amide bonds.